The first-order valence-electron chi connectivity index (χ1n) is 9.82. The fraction of sp³-hybridized carbons (Fsp3) is 0.667. The number of alkyl carbamates (subject to hydrolysis) is 1. The number of unbranched alkanes of at least 4 members (excludes halogenated alkanes) is 5. The Balaban J connectivity index is 2.29. The Kier molecular flexibility index (Phi) is 11.8. The van der Waals surface area contributed by atoms with Gasteiger partial charge in [0.1, 0.15) is 6.61 Å². The predicted octanol–water partition coefficient (Wildman–Crippen LogP) is 5.19. The minimum absolute atomic E-state index is 0.232. The van der Waals surface area contributed by atoms with Crippen molar-refractivity contribution in [3.63, 3.8) is 0 Å². The van der Waals surface area contributed by atoms with Crippen LogP contribution in [0.25, 0.3) is 0 Å². The van der Waals surface area contributed by atoms with Gasteiger partial charge in [-0.3, -0.25) is 0 Å². The molecule has 2 N–H and O–H groups in total. The number of rotatable bonds is 13. The zero-order chi connectivity index (χ0) is 18.3. The van der Waals surface area contributed by atoms with Crippen LogP contribution < -0.4 is 5.32 Å². The van der Waals surface area contributed by atoms with E-state index in [2.05, 4.69) is 19.2 Å². The number of amides is 1. The second-order valence-corrected chi connectivity index (χ2v) is 6.73. The van der Waals surface area contributed by atoms with Gasteiger partial charge in [-0.2, -0.15) is 0 Å². The number of benzene rings is 1. The molecule has 1 aromatic rings. The van der Waals surface area contributed by atoms with Crippen LogP contribution in [0.4, 0.5) is 4.79 Å². The fourth-order valence-corrected chi connectivity index (χ4v) is 2.92. The summed E-state index contributed by atoms with van der Waals surface area (Å²) in [5.74, 6) is 0. The van der Waals surface area contributed by atoms with Gasteiger partial charge in [-0.1, -0.05) is 89.1 Å². The summed E-state index contributed by atoms with van der Waals surface area (Å²) in [6.45, 7) is 4.52. The maximum atomic E-state index is 12.0. The highest BCUT2D eigenvalue weighted by molar-refractivity contribution is 5.67. The van der Waals surface area contributed by atoms with Crippen LogP contribution in [-0.4, -0.2) is 23.3 Å². The molecule has 1 rings (SSSR count). The lowest BCUT2D eigenvalue weighted by molar-refractivity contribution is 0.0917. The first-order chi connectivity index (χ1) is 12.2. The number of hydrogen-bond acceptors (Lipinski definition) is 3. The summed E-state index contributed by atoms with van der Waals surface area (Å²) in [6.07, 6.45) is 8.64. The number of carbonyl (C=O) groups excluding carboxylic acids is 1. The van der Waals surface area contributed by atoms with Gasteiger partial charge in [0.05, 0.1) is 12.1 Å². The standard InChI is InChI=1S/C21H35NO3/c1-3-5-6-7-8-12-16-20(23)19(13-4-2)22-21(24)25-17-18-14-10-9-11-15-18/h9-11,14-15,19-20,23H,3-8,12-13,16-17H2,1-2H3,(H,22,24)/t19-,20-/m0/s1. The van der Waals surface area contributed by atoms with Gasteiger partial charge in [-0.05, 0) is 18.4 Å². The van der Waals surface area contributed by atoms with Gasteiger partial charge in [0.25, 0.3) is 0 Å². The van der Waals surface area contributed by atoms with E-state index in [1.807, 2.05) is 30.3 Å². The second-order valence-electron chi connectivity index (χ2n) is 6.73. The lowest BCUT2D eigenvalue weighted by atomic mass is 9.99. The van der Waals surface area contributed by atoms with Gasteiger partial charge in [-0.25, -0.2) is 4.79 Å². The van der Waals surface area contributed by atoms with E-state index >= 15 is 0 Å². The minimum Gasteiger partial charge on any atom is -0.445 e. The quantitative estimate of drug-likeness (QED) is 0.482. The van der Waals surface area contributed by atoms with Gasteiger partial charge < -0.3 is 15.2 Å². The molecule has 0 aliphatic carbocycles. The first-order valence-corrected chi connectivity index (χ1v) is 9.82. The van der Waals surface area contributed by atoms with E-state index in [4.69, 9.17) is 4.74 Å². The van der Waals surface area contributed by atoms with Crippen molar-refractivity contribution in [3.05, 3.63) is 35.9 Å². The van der Waals surface area contributed by atoms with Gasteiger partial charge >= 0.3 is 6.09 Å². The van der Waals surface area contributed by atoms with Crippen molar-refractivity contribution in [2.24, 2.45) is 0 Å². The molecule has 0 unspecified atom stereocenters. The van der Waals surface area contributed by atoms with Crippen LogP contribution >= 0.6 is 0 Å². The minimum atomic E-state index is -0.504. The second kappa shape index (κ2) is 13.7. The van der Waals surface area contributed by atoms with Crippen LogP contribution in [0.2, 0.25) is 0 Å². The van der Waals surface area contributed by atoms with Crippen molar-refractivity contribution >= 4 is 6.09 Å². The zero-order valence-electron chi connectivity index (χ0n) is 15.9. The van der Waals surface area contributed by atoms with Crippen LogP contribution in [0.3, 0.4) is 0 Å². The molecule has 142 valence electrons. The third-order valence-electron chi connectivity index (χ3n) is 4.43. The molecule has 25 heavy (non-hydrogen) atoms. The molecule has 0 bridgehead atoms. The van der Waals surface area contributed by atoms with Crippen LogP contribution in [0.1, 0.15) is 77.2 Å². The molecule has 0 radical (unpaired) electrons. The summed E-state index contributed by atoms with van der Waals surface area (Å²) in [5, 5.41) is 13.2. The Morgan fingerprint density at radius 1 is 1.00 bits per heavy atom. The number of aliphatic hydroxyl groups excluding tert-OH is 1. The van der Waals surface area contributed by atoms with Crippen molar-refractivity contribution in [1.82, 2.24) is 5.32 Å². The summed E-state index contributed by atoms with van der Waals surface area (Å²) in [4.78, 5) is 12.0. The van der Waals surface area contributed by atoms with Gasteiger partial charge in [0.2, 0.25) is 0 Å². The number of aliphatic hydroxyl groups is 1. The highest BCUT2D eigenvalue weighted by Crippen LogP contribution is 2.13. The molecule has 0 aliphatic heterocycles. The zero-order valence-corrected chi connectivity index (χ0v) is 15.9. The molecule has 4 heteroatoms. The molecule has 1 aromatic carbocycles. The largest absolute Gasteiger partial charge is 0.445 e. The summed E-state index contributed by atoms with van der Waals surface area (Å²) in [5.41, 5.74) is 0.956. The Labute approximate surface area is 153 Å². The van der Waals surface area contributed by atoms with Crippen LogP contribution in [0, 0.1) is 0 Å². The highest BCUT2D eigenvalue weighted by atomic mass is 16.5. The van der Waals surface area contributed by atoms with E-state index in [-0.39, 0.29) is 12.6 Å². The summed E-state index contributed by atoms with van der Waals surface area (Å²) in [7, 11) is 0. The number of hydrogen-bond donors (Lipinski definition) is 2. The molecule has 1 amide bonds. The molecule has 0 saturated carbocycles. The third kappa shape index (κ3) is 10.1. The van der Waals surface area contributed by atoms with Gasteiger partial charge in [-0.15, -0.1) is 0 Å². The number of nitrogens with one attached hydrogen (secondary N) is 1. The van der Waals surface area contributed by atoms with Crippen molar-refractivity contribution in [2.75, 3.05) is 0 Å². The molecule has 0 aliphatic rings. The van der Waals surface area contributed by atoms with Crippen LogP contribution in [-0.2, 0) is 11.3 Å². The Hall–Kier alpha value is -1.55. The fourth-order valence-electron chi connectivity index (χ4n) is 2.92. The molecule has 0 spiro atoms. The van der Waals surface area contributed by atoms with Crippen molar-refractivity contribution in [1.29, 1.82) is 0 Å². The average molecular weight is 350 g/mol. The van der Waals surface area contributed by atoms with E-state index in [1.165, 1.54) is 25.7 Å². The number of ether oxygens (including phenoxy) is 1. The topological polar surface area (TPSA) is 58.6 Å². The normalized spacial score (nSPS) is 13.2. The third-order valence-corrected chi connectivity index (χ3v) is 4.43. The van der Waals surface area contributed by atoms with Crippen molar-refractivity contribution < 1.29 is 14.6 Å². The molecule has 0 saturated heterocycles. The van der Waals surface area contributed by atoms with Crippen LogP contribution in [0.15, 0.2) is 30.3 Å². The average Bonchev–Trinajstić information content (AvgIpc) is 2.63. The van der Waals surface area contributed by atoms with E-state index in [1.54, 1.807) is 0 Å². The van der Waals surface area contributed by atoms with Gasteiger partial charge in [0, 0.05) is 0 Å². The maximum absolute atomic E-state index is 12.0. The summed E-state index contributed by atoms with van der Waals surface area (Å²) >= 11 is 0. The monoisotopic (exact) mass is 349 g/mol. The molecule has 0 fully saturated rings. The van der Waals surface area contributed by atoms with E-state index in [9.17, 15) is 9.90 Å². The summed E-state index contributed by atoms with van der Waals surface area (Å²) < 4.78 is 5.26. The van der Waals surface area contributed by atoms with Crippen LogP contribution in [0.5, 0.6) is 0 Å². The van der Waals surface area contributed by atoms with Crippen molar-refractivity contribution in [2.45, 2.75) is 90.4 Å². The molecule has 2 atom stereocenters. The smallest absolute Gasteiger partial charge is 0.407 e. The summed E-state index contributed by atoms with van der Waals surface area (Å²) in [6, 6.07) is 9.37. The first kappa shape index (κ1) is 21.5. The highest BCUT2D eigenvalue weighted by Gasteiger charge is 2.20. The molecular weight excluding hydrogens is 314 g/mol. The lowest BCUT2D eigenvalue weighted by Gasteiger charge is -2.23. The van der Waals surface area contributed by atoms with E-state index in [0.717, 1.165) is 37.7 Å². The Morgan fingerprint density at radius 3 is 2.36 bits per heavy atom. The molecule has 0 heterocycles. The van der Waals surface area contributed by atoms with Crippen molar-refractivity contribution in [3.8, 4) is 0 Å². The molecule has 4 nitrogen and oxygen atoms in total. The number of carbonyl (C=O) groups is 1. The molecule has 0 aromatic heterocycles. The van der Waals surface area contributed by atoms with E-state index in [0.29, 0.717) is 0 Å². The Bertz CT molecular complexity index is 450. The predicted molar refractivity (Wildman–Crippen MR) is 102 cm³/mol. The van der Waals surface area contributed by atoms with E-state index < -0.39 is 12.2 Å². The maximum Gasteiger partial charge on any atom is 0.407 e. The SMILES string of the molecule is CCCCCCCC[C@H](O)[C@H](CCC)NC(=O)OCc1ccccc1. The lowest BCUT2D eigenvalue weighted by Crippen LogP contribution is -2.43. The Morgan fingerprint density at radius 2 is 1.68 bits per heavy atom. The van der Waals surface area contributed by atoms with Gasteiger partial charge in [0.15, 0.2) is 0 Å². The molecular formula is C21H35NO3.